The molecule has 0 aromatic heterocycles. The third-order valence-electron chi connectivity index (χ3n) is 6.66. The van der Waals surface area contributed by atoms with Crippen LogP contribution in [-0.2, 0) is 11.3 Å². The fourth-order valence-corrected chi connectivity index (χ4v) is 4.51. The highest BCUT2D eigenvalue weighted by atomic mass is 19.1. The summed E-state index contributed by atoms with van der Waals surface area (Å²) in [5, 5.41) is 2.79. The van der Waals surface area contributed by atoms with Crippen LogP contribution in [0.4, 0.5) is 9.18 Å². The number of halogens is 1. The summed E-state index contributed by atoms with van der Waals surface area (Å²) in [4.78, 5) is 15.8. The van der Waals surface area contributed by atoms with E-state index in [1.807, 2.05) is 12.1 Å². The minimum Gasteiger partial charge on any atom is -0.492 e. The van der Waals surface area contributed by atoms with Crippen LogP contribution in [0.15, 0.2) is 48.5 Å². The summed E-state index contributed by atoms with van der Waals surface area (Å²) >= 11 is 0. The topological polar surface area (TPSA) is 63.3 Å². The number of hydrogen-bond acceptors (Lipinski definition) is 5. The third-order valence-corrected chi connectivity index (χ3v) is 6.66. The largest absolute Gasteiger partial charge is 0.492 e. The highest BCUT2D eigenvalue weighted by Crippen LogP contribution is 2.29. The van der Waals surface area contributed by atoms with Crippen LogP contribution in [0.5, 0.6) is 11.5 Å². The Morgan fingerprint density at radius 1 is 1.03 bits per heavy atom. The average molecular weight is 472 g/mol. The third kappa shape index (κ3) is 6.39. The number of nitrogens with zero attached hydrogens (tertiary/aromatic N) is 2. The summed E-state index contributed by atoms with van der Waals surface area (Å²) in [6.45, 7) is 5.54. The van der Waals surface area contributed by atoms with Crippen LogP contribution in [0.2, 0.25) is 0 Å². The maximum absolute atomic E-state index is 13.9. The average Bonchev–Trinajstić information content (AvgIpc) is 3.15. The first kappa shape index (κ1) is 24.3. The van der Waals surface area contributed by atoms with E-state index in [1.54, 1.807) is 30.2 Å². The van der Waals surface area contributed by atoms with Crippen LogP contribution in [0, 0.1) is 5.82 Å². The Morgan fingerprint density at radius 2 is 1.85 bits per heavy atom. The molecule has 1 atom stereocenters. The maximum Gasteiger partial charge on any atom is 0.317 e. The molecule has 1 N–H and O–H groups in total. The van der Waals surface area contributed by atoms with E-state index in [9.17, 15) is 9.18 Å². The van der Waals surface area contributed by atoms with Crippen LogP contribution in [0.3, 0.4) is 0 Å². The molecule has 4 rings (SSSR count). The highest BCUT2D eigenvalue weighted by Gasteiger charge is 2.34. The molecule has 2 aromatic carbocycles. The van der Waals surface area contributed by atoms with E-state index in [0.29, 0.717) is 26.3 Å². The lowest BCUT2D eigenvalue weighted by molar-refractivity contribution is -0.0548. The lowest BCUT2D eigenvalue weighted by atomic mass is 9.95. The molecule has 0 bridgehead atoms. The van der Waals surface area contributed by atoms with Crippen molar-refractivity contribution in [2.75, 3.05) is 53.0 Å². The molecule has 8 heteroatoms. The molecule has 0 aliphatic carbocycles. The number of methoxy groups -OCH3 is 1. The summed E-state index contributed by atoms with van der Waals surface area (Å²) in [5.41, 5.74) is 0.805. The van der Waals surface area contributed by atoms with Crippen molar-refractivity contribution in [2.24, 2.45) is 0 Å². The fourth-order valence-electron chi connectivity index (χ4n) is 4.51. The molecule has 2 saturated heterocycles. The zero-order valence-corrected chi connectivity index (χ0v) is 19.8. The number of rotatable bonds is 10. The monoisotopic (exact) mass is 471 g/mol. The van der Waals surface area contributed by atoms with Gasteiger partial charge in [0.05, 0.1) is 6.54 Å². The van der Waals surface area contributed by atoms with Crippen molar-refractivity contribution in [3.63, 3.8) is 0 Å². The van der Waals surface area contributed by atoms with Gasteiger partial charge in [0, 0.05) is 33.3 Å². The molecular weight excluding hydrogens is 437 g/mol. The number of carbonyl (C=O) groups is 1. The summed E-state index contributed by atoms with van der Waals surface area (Å²) < 4.78 is 31.4. The summed E-state index contributed by atoms with van der Waals surface area (Å²) in [6, 6.07) is 14.6. The standard InChI is InChI=1S/C26H34FN3O4/c1-32-26(20-34-24-6-3-2-5-23(24)27)11-4-14-29(15-12-26)19-21-7-9-22(10-8-21)33-18-17-30-16-13-28-25(30)31/h2-3,5-10H,4,11-20H2,1H3,(H,28,31)/t26-/m0/s1. The van der Waals surface area contributed by atoms with E-state index >= 15 is 0 Å². The molecule has 0 saturated carbocycles. The second-order valence-electron chi connectivity index (χ2n) is 8.95. The second kappa shape index (κ2) is 11.5. The Hall–Kier alpha value is -2.84. The fraction of sp³-hybridized carbons (Fsp3) is 0.500. The van der Waals surface area contributed by atoms with Crippen molar-refractivity contribution in [1.82, 2.24) is 15.1 Å². The van der Waals surface area contributed by atoms with Gasteiger partial charge in [-0.3, -0.25) is 4.90 Å². The lowest BCUT2D eigenvalue weighted by Crippen LogP contribution is -2.39. The predicted octanol–water partition coefficient (Wildman–Crippen LogP) is 3.68. The van der Waals surface area contributed by atoms with Gasteiger partial charge in [-0.05, 0) is 55.6 Å². The van der Waals surface area contributed by atoms with Gasteiger partial charge in [0.25, 0.3) is 0 Å². The molecule has 2 fully saturated rings. The Morgan fingerprint density at radius 3 is 2.59 bits per heavy atom. The molecule has 0 unspecified atom stereocenters. The highest BCUT2D eigenvalue weighted by molar-refractivity contribution is 5.76. The van der Waals surface area contributed by atoms with Crippen LogP contribution in [-0.4, -0.2) is 74.5 Å². The SMILES string of the molecule is CO[C@@]1(COc2ccccc2F)CCCN(Cc2ccc(OCCN3CCNC3=O)cc2)CC1. The molecule has 34 heavy (non-hydrogen) atoms. The number of likely N-dealkylation sites (tertiary alicyclic amines) is 1. The van der Waals surface area contributed by atoms with Crippen molar-refractivity contribution < 1.29 is 23.4 Å². The molecule has 184 valence electrons. The van der Waals surface area contributed by atoms with E-state index < -0.39 is 5.60 Å². The van der Waals surface area contributed by atoms with Crippen LogP contribution >= 0.6 is 0 Å². The van der Waals surface area contributed by atoms with Gasteiger partial charge in [0.2, 0.25) is 0 Å². The second-order valence-corrected chi connectivity index (χ2v) is 8.95. The first-order valence-corrected chi connectivity index (χ1v) is 12.0. The predicted molar refractivity (Wildman–Crippen MR) is 128 cm³/mol. The quantitative estimate of drug-likeness (QED) is 0.573. The van der Waals surface area contributed by atoms with Gasteiger partial charge in [-0.2, -0.15) is 0 Å². The van der Waals surface area contributed by atoms with Crippen molar-refractivity contribution in [3.05, 3.63) is 59.9 Å². The Labute approximate surface area is 200 Å². The summed E-state index contributed by atoms with van der Waals surface area (Å²) in [7, 11) is 1.72. The number of benzene rings is 2. The lowest BCUT2D eigenvalue weighted by Gasteiger charge is -2.31. The Balaban J connectivity index is 1.24. The molecule has 0 radical (unpaired) electrons. The Bertz CT molecular complexity index is 942. The number of nitrogens with one attached hydrogen (secondary N) is 1. The number of urea groups is 1. The van der Waals surface area contributed by atoms with Gasteiger partial charge >= 0.3 is 6.03 Å². The van der Waals surface area contributed by atoms with E-state index in [4.69, 9.17) is 14.2 Å². The minimum absolute atomic E-state index is 0.0207. The summed E-state index contributed by atoms with van der Waals surface area (Å²) in [6.07, 6.45) is 2.68. The van der Waals surface area contributed by atoms with E-state index in [1.165, 1.54) is 11.6 Å². The van der Waals surface area contributed by atoms with Gasteiger partial charge in [-0.25, -0.2) is 9.18 Å². The van der Waals surface area contributed by atoms with Gasteiger partial charge in [0.1, 0.15) is 24.6 Å². The molecule has 2 aromatic rings. The molecule has 0 spiro atoms. The smallest absolute Gasteiger partial charge is 0.317 e. The number of hydrogen-bond donors (Lipinski definition) is 1. The molecule has 2 heterocycles. The van der Waals surface area contributed by atoms with Gasteiger partial charge in [-0.1, -0.05) is 24.3 Å². The van der Waals surface area contributed by atoms with E-state index in [-0.39, 0.29) is 17.6 Å². The first-order chi connectivity index (χ1) is 16.6. The first-order valence-electron chi connectivity index (χ1n) is 12.0. The zero-order chi connectivity index (χ0) is 23.8. The number of amides is 2. The van der Waals surface area contributed by atoms with E-state index in [2.05, 4.69) is 22.3 Å². The summed E-state index contributed by atoms with van der Waals surface area (Å²) in [5.74, 6) is 0.729. The van der Waals surface area contributed by atoms with Gasteiger partial charge < -0.3 is 24.4 Å². The van der Waals surface area contributed by atoms with Gasteiger partial charge in [-0.15, -0.1) is 0 Å². The maximum atomic E-state index is 13.9. The Kier molecular flexibility index (Phi) is 8.24. The van der Waals surface area contributed by atoms with Crippen molar-refractivity contribution >= 4 is 6.03 Å². The number of carbonyl (C=O) groups excluding carboxylic acids is 1. The zero-order valence-electron chi connectivity index (χ0n) is 19.8. The van der Waals surface area contributed by atoms with Crippen LogP contribution in [0.1, 0.15) is 24.8 Å². The molecule has 7 nitrogen and oxygen atoms in total. The van der Waals surface area contributed by atoms with Crippen LogP contribution < -0.4 is 14.8 Å². The van der Waals surface area contributed by atoms with Gasteiger partial charge in [0.15, 0.2) is 11.6 Å². The molecular formula is C26H34FN3O4. The number of para-hydroxylation sites is 1. The molecule has 2 aliphatic rings. The normalized spacial score (nSPS) is 21.2. The van der Waals surface area contributed by atoms with E-state index in [0.717, 1.165) is 51.2 Å². The molecule has 2 amide bonds. The van der Waals surface area contributed by atoms with Crippen molar-refractivity contribution in [2.45, 2.75) is 31.4 Å². The molecule has 2 aliphatic heterocycles. The number of ether oxygens (including phenoxy) is 3. The van der Waals surface area contributed by atoms with Crippen molar-refractivity contribution in [1.29, 1.82) is 0 Å². The van der Waals surface area contributed by atoms with Crippen molar-refractivity contribution in [3.8, 4) is 11.5 Å². The minimum atomic E-state index is -0.416. The van der Waals surface area contributed by atoms with Crippen LogP contribution in [0.25, 0.3) is 0 Å².